The Bertz CT molecular complexity index is 561. The highest BCUT2D eigenvalue weighted by Crippen LogP contribution is 2.42. The summed E-state index contributed by atoms with van der Waals surface area (Å²) in [5.74, 6) is -0.286. The largest absolute Gasteiger partial charge is 0.487 e. The maximum absolute atomic E-state index is 14.7. The molecule has 1 aromatic rings. The van der Waals surface area contributed by atoms with Gasteiger partial charge in [-0.15, -0.1) is 0 Å². The third-order valence-electron chi connectivity index (χ3n) is 5.88. The highest BCUT2D eigenvalue weighted by atomic mass is 19.2. The molecule has 1 heterocycles. The summed E-state index contributed by atoms with van der Waals surface area (Å²) in [5.41, 5.74) is 1.46. The van der Waals surface area contributed by atoms with Crippen LogP contribution in [0.3, 0.4) is 0 Å². The number of hydrogen-bond donors (Lipinski definition) is 0. The normalized spacial score (nSPS) is 26.8. The molecule has 0 amide bonds. The molecule has 0 radical (unpaired) electrons. The third kappa shape index (κ3) is 3.60. The van der Waals surface area contributed by atoms with Gasteiger partial charge in [0.15, 0.2) is 11.6 Å². The van der Waals surface area contributed by atoms with Crippen LogP contribution in [0.1, 0.15) is 88.7 Å². The van der Waals surface area contributed by atoms with Gasteiger partial charge in [0.1, 0.15) is 0 Å². The Balaban J connectivity index is 1.78. The van der Waals surface area contributed by atoms with Gasteiger partial charge in [0.2, 0.25) is 5.82 Å². The van der Waals surface area contributed by atoms with Gasteiger partial charge in [-0.1, -0.05) is 33.1 Å². The van der Waals surface area contributed by atoms with E-state index in [1.165, 1.54) is 12.8 Å². The van der Waals surface area contributed by atoms with E-state index in [1.807, 2.05) is 6.07 Å². The molecule has 134 valence electrons. The number of hydrogen-bond acceptors (Lipinski definition) is 1. The summed E-state index contributed by atoms with van der Waals surface area (Å²) in [5, 5.41) is 0. The summed E-state index contributed by atoms with van der Waals surface area (Å²) in [6, 6.07) is 1.90. The monoisotopic (exact) mass is 336 g/mol. The van der Waals surface area contributed by atoms with Crippen LogP contribution in [0.2, 0.25) is 0 Å². The standard InChI is InChI=1S/C21H30F2O/c1-3-5-14-7-9-15(10-8-14)18-13-16-11-12-17(6-4-2)24-21(16)20(23)19(18)22/h13-15,17H,3-12H2,1-2H3. The molecule has 1 fully saturated rings. The van der Waals surface area contributed by atoms with Crippen molar-refractivity contribution >= 4 is 0 Å². The van der Waals surface area contributed by atoms with Crippen molar-refractivity contribution in [1.29, 1.82) is 0 Å². The topological polar surface area (TPSA) is 9.23 Å². The smallest absolute Gasteiger partial charge is 0.201 e. The highest BCUT2D eigenvalue weighted by molar-refractivity contribution is 5.42. The van der Waals surface area contributed by atoms with E-state index in [1.54, 1.807) is 0 Å². The molecule has 1 aliphatic carbocycles. The Morgan fingerprint density at radius 3 is 2.33 bits per heavy atom. The second-order valence-corrected chi connectivity index (χ2v) is 7.66. The minimum absolute atomic E-state index is 0.0340. The first-order valence-electron chi connectivity index (χ1n) is 9.81. The molecular formula is C21H30F2O. The number of rotatable bonds is 5. The first-order chi connectivity index (χ1) is 11.6. The quantitative estimate of drug-likeness (QED) is 0.594. The van der Waals surface area contributed by atoms with Crippen LogP contribution in [0.25, 0.3) is 0 Å². The van der Waals surface area contributed by atoms with E-state index in [9.17, 15) is 8.78 Å². The Morgan fingerprint density at radius 1 is 0.958 bits per heavy atom. The molecule has 1 aliphatic heterocycles. The fourth-order valence-electron chi connectivity index (χ4n) is 4.53. The van der Waals surface area contributed by atoms with Crippen molar-refractivity contribution in [3.63, 3.8) is 0 Å². The fraction of sp³-hybridized carbons (Fsp3) is 0.714. The van der Waals surface area contributed by atoms with Crippen molar-refractivity contribution in [3.05, 3.63) is 28.8 Å². The Labute approximate surface area is 144 Å². The van der Waals surface area contributed by atoms with Gasteiger partial charge in [-0.25, -0.2) is 4.39 Å². The maximum Gasteiger partial charge on any atom is 0.201 e. The molecule has 0 N–H and O–H groups in total. The van der Waals surface area contributed by atoms with Crippen LogP contribution in [0, 0.1) is 17.6 Å². The molecule has 3 rings (SSSR count). The van der Waals surface area contributed by atoms with Crippen LogP contribution in [-0.4, -0.2) is 6.10 Å². The van der Waals surface area contributed by atoms with E-state index >= 15 is 0 Å². The van der Waals surface area contributed by atoms with Gasteiger partial charge in [0.05, 0.1) is 6.10 Å². The number of halogens is 2. The number of ether oxygens (including phenoxy) is 1. The van der Waals surface area contributed by atoms with Crippen molar-refractivity contribution in [2.75, 3.05) is 0 Å². The molecule has 0 aromatic heterocycles. The van der Waals surface area contributed by atoms with E-state index in [0.29, 0.717) is 5.56 Å². The zero-order valence-electron chi connectivity index (χ0n) is 15.0. The molecule has 0 spiro atoms. The second kappa shape index (κ2) is 7.84. The number of aryl methyl sites for hydroxylation is 1. The molecule has 0 saturated heterocycles. The lowest BCUT2D eigenvalue weighted by molar-refractivity contribution is 0.152. The summed E-state index contributed by atoms with van der Waals surface area (Å²) in [6.45, 7) is 4.31. The van der Waals surface area contributed by atoms with Crippen LogP contribution in [0.5, 0.6) is 5.75 Å². The van der Waals surface area contributed by atoms with E-state index in [0.717, 1.165) is 62.8 Å². The predicted octanol–water partition coefficient (Wildman–Crippen LogP) is 6.53. The minimum Gasteiger partial charge on any atom is -0.487 e. The zero-order chi connectivity index (χ0) is 17.1. The summed E-state index contributed by atoms with van der Waals surface area (Å²) >= 11 is 0. The second-order valence-electron chi connectivity index (χ2n) is 7.66. The summed E-state index contributed by atoms with van der Waals surface area (Å²) in [6.07, 6.45) is 10.4. The predicted molar refractivity (Wildman–Crippen MR) is 93.6 cm³/mol. The third-order valence-corrected chi connectivity index (χ3v) is 5.88. The maximum atomic E-state index is 14.7. The van der Waals surface area contributed by atoms with Crippen molar-refractivity contribution in [3.8, 4) is 5.75 Å². The molecule has 1 saturated carbocycles. The van der Waals surface area contributed by atoms with Gasteiger partial charge < -0.3 is 4.74 Å². The molecule has 3 heteroatoms. The van der Waals surface area contributed by atoms with Crippen LogP contribution in [0.4, 0.5) is 8.78 Å². The van der Waals surface area contributed by atoms with Gasteiger partial charge in [-0.05, 0) is 74.0 Å². The average Bonchev–Trinajstić information content (AvgIpc) is 2.60. The molecule has 1 nitrogen and oxygen atoms in total. The van der Waals surface area contributed by atoms with Gasteiger partial charge >= 0.3 is 0 Å². The molecular weight excluding hydrogens is 306 g/mol. The molecule has 0 bridgehead atoms. The minimum atomic E-state index is -0.751. The van der Waals surface area contributed by atoms with Crippen LogP contribution in [0.15, 0.2) is 6.07 Å². The van der Waals surface area contributed by atoms with Gasteiger partial charge in [0, 0.05) is 0 Å². The van der Waals surface area contributed by atoms with Crippen LogP contribution in [-0.2, 0) is 6.42 Å². The molecule has 1 atom stereocenters. The molecule has 1 aromatic carbocycles. The summed E-state index contributed by atoms with van der Waals surface area (Å²) in [7, 11) is 0. The van der Waals surface area contributed by atoms with Gasteiger partial charge in [-0.2, -0.15) is 4.39 Å². The van der Waals surface area contributed by atoms with Gasteiger partial charge in [0.25, 0.3) is 0 Å². The van der Waals surface area contributed by atoms with E-state index < -0.39 is 11.6 Å². The van der Waals surface area contributed by atoms with Crippen LogP contribution >= 0.6 is 0 Å². The molecule has 24 heavy (non-hydrogen) atoms. The van der Waals surface area contributed by atoms with E-state index in [2.05, 4.69) is 13.8 Å². The van der Waals surface area contributed by atoms with Crippen molar-refractivity contribution in [2.24, 2.45) is 5.92 Å². The van der Waals surface area contributed by atoms with Crippen molar-refractivity contribution < 1.29 is 13.5 Å². The first-order valence-corrected chi connectivity index (χ1v) is 9.81. The Kier molecular flexibility index (Phi) is 5.78. The average molecular weight is 336 g/mol. The molecule has 2 aliphatic rings. The first kappa shape index (κ1) is 17.7. The van der Waals surface area contributed by atoms with Crippen molar-refractivity contribution in [1.82, 2.24) is 0 Å². The summed E-state index contributed by atoms with van der Waals surface area (Å²) in [4.78, 5) is 0. The Hall–Kier alpha value is -1.12. The zero-order valence-corrected chi connectivity index (χ0v) is 15.0. The lowest BCUT2D eigenvalue weighted by Crippen LogP contribution is -2.24. The highest BCUT2D eigenvalue weighted by Gasteiger charge is 2.30. The van der Waals surface area contributed by atoms with Gasteiger partial charge in [-0.3, -0.25) is 0 Å². The SMILES string of the molecule is CCCC1CCC(c2cc3c(c(F)c2F)OC(CCC)CC3)CC1. The van der Waals surface area contributed by atoms with E-state index in [-0.39, 0.29) is 17.8 Å². The van der Waals surface area contributed by atoms with Crippen molar-refractivity contribution in [2.45, 2.75) is 90.1 Å². The van der Waals surface area contributed by atoms with Crippen LogP contribution < -0.4 is 4.74 Å². The molecule has 1 unspecified atom stereocenters. The lowest BCUT2D eigenvalue weighted by atomic mass is 9.76. The Morgan fingerprint density at radius 2 is 1.67 bits per heavy atom. The number of fused-ring (bicyclic) bond motifs is 1. The number of benzene rings is 1. The fourth-order valence-corrected chi connectivity index (χ4v) is 4.53. The van der Waals surface area contributed by atoms with E-state index in [4.69, 9.17) is 4.74 Å². The lowest BCUT2D eigenvalue weighted by Gasteiger charge is -2.31. The summed E-state index contributed by atoms with van der Waals surface area (Å²) < 4.78 is 35.0.